The molecule has 0 aliphatic carbocycles. The zero-order chi connectivity index (χ0) is 11.4. The monoisotopic (exact) mass is 210 g/mol. The molecule has 0 heterocycles. The minimum atomic E-state index is -0.555. The van der Waals surface area contributed by atoms with Gasteiger partial charge in [0.25, 0.3) is 0 Å². The average molecular weight is 210 g/mol. The summed E-state index contributed by atoms with van der Waals surface area (Å²) in [6.07, 6.45) is -0.555. The number of rotatable bonds is 2. The fourth-order valence-electron chi connectivity index (χ4n) is 1.06. The fraction of sp³-hybridized carbons (Fsp3) is 0.222. The van der Waals surface area contributed by atoms with Crippen molar-refractivity contribution in [2.24, 2.45) is 0 Å². The summed E-state index contributed by atoms with van der Waals surface area (Å²) < 4.78 is 4.69. The fourth-order valence-corrected chi connectivity index (χ4v) is 1.06. The number of nitrogen functional groups attached to an aromatic ring is 3. The van der Waals surface area contributed by atoms with Crippen molar-refractivity contribution < 1.29 is 9.53 Å². The minimum absolute atomic E-state index is 0.297. The quantitative estimate of drug-likeness (QED) is 0.543. The number of benzene rings is 1. The molecule has 15 heavy (non-hydrogen) atoms. The van der Waals surface area contributed by atoms with Crippen LogP contribution in [-0.4, -0.2) is 12.7 Å². The highest BCUT2D eigenvalue weighted by Gasteiger charge is 2.06. The van der Waals surface area contributed by atoms with Crippen LogP contribution in [0.3, 0.4) is 0 Å². The lowest BCUT2D eigenvalue weighted by atomic mass is 10.2. The minimum Gasteiger partial charge on any atom is -0.450 e. The molecule has 0 spiro atoms. The van der Waals surface area contributed by atoms with Crippen molar-refractivity contribution >= 4 is 28.8 Å². The molecule has 0 unspecified atom stereocenters. The predicted molar refractivity (Wildman–Crippen MR) is 60.3 cm³/mol. The van der Waals surface area contributed by atoms with Crippen LogP contribution in [0.5, 0.6) is 0 Å². The van der Waals surface area contributed by atoms with E-state index < -0.39 is 6.09 Å². The maximum atomic E-state index is 11.1. The van der Waals surface area contributed by atoms with Crippen molar-refractivity contribution in [1.29, 1.82) is 0 Å². The molecule has 0 fully saturated rings. The Kier molecular flexibility index (Phi) is 3.22. The van der Waals surface area contributed by atoms with Gasteiger partial charge >= 0.3 is 6.09 Å². The third-order valence-electron chi connectivity index (χ3n) is 1.77. The molecule has 7 N–H and O–H groups in total. The Hall–Kier alpha value is -2.11. The molecule has 1 aromatic carbocycles. The second-order valence-electron chi connectivity index (χ2n) is 2.91. The van der Waals surface area contributed by atoms with Crippen LogP contribution in [0.4, 0.5) is 27.5 Å². The van der Waals surface area contributed by atoms with Gasteiger partial charge in [0.05, 0.1) is 23.7 Å². The summed E-state index contributed by atoms with van der Waals surface area (Å²) in [4.78, 5) is 11.1. The maximum absolute atomic E-state index is 11.1. The van der Waals surface area contributed by atoms with Gasteiger partial charge in [-0.2, -0.15) is 0 Å². The Morgan fingerprint density at radius 3 is 2.33 bits per heavy atom. The van der Waals surface area contributed by atoms with Gasteiger partial charge < -0.3 is 21.9 Å². The first-order chi connectivity index (χ1) is 7.04. The van der Waals surface area contributed by atoms with Gasteiger partial charge in [-0.25, -0.2) is 4.79 Å². The van der Waals surface area contributed by atoms with Gasteiger partial charge in [-0.1, -0.05) is 0 Å². The zero-order valence-electron chi connectivity index (χ0n) is 8.41. The van der Waals surface area contributed by atoms with E-state index in [4.69, 9.17) is 21.9 Å². The van der Waals surface area contributed by atoms with E-state index >= 15 is 0 Å². The molecule has 82 valence electrons. The van der Waals surface area contributed by atoms with Crippen LogP contribution in [-0.2, 0) is 4.74 Å². The molecule has 1 amide bonds. The van der Waals surface area contributed by atoms with Crippen LogP contribution < -0.4 is 22.5 Å². The van der Waals surface area contributed by atoms with E-state index in [-0.39, 0.29) is 0 Å². The Bertz CT molecular complexity index is 355. The van der Waals surface area contributed by atoms with Gasteiger partial charge in [0.2, 0.25) is 0 Å². The van der Waals surface area contributed by atoms with Crippen LogP contribution in [0.25, 0.3) is 0 Å². The second-order valence-corrected chi connectivity index (χ2v) is 2.91. The van der Waals surface area contributed by atoms with E-state index in [1.165, 1.54) is 12.1 Å². The zero-order valence-corrected chi connectivity index (χ0v) is 8.41. The first-order valence-corrected chi connectivity index (χ1v) is 4.42. The molecule has 0 atom stereocenters. The van der Waals surface area contributed by atoms with Crippen molar-refractivity contribution in [3.05, 3.63) is 12.1 Å². The Morgan fingerprint density at radius 1 is 1.33 bits per heavy atom. The van der Waals surface area contributed by atoms with E-state index in [0.717, 1.165) is 0 Å². The van der Waals surface area contributed by atoms with Gasteiger partial charge in [-0.05, 0) is 19.1 Å². The molecule has 0 saturated heterocycles. The number of hydrogen-bond acceptors (Lipinski definition) is 5. The van der Waals surface area contributed by atoms with Crippen LogP contribution in [0.1, 0.15) is 6.92 Å². The number of nitrogens with two attached hydrogens (primary N) is 3. The first-order valence-electron chi connectivity index (χ1n) is 4.42. The smallest absolute Gasteiger partial charge is 0.411 e. The van der Waals surface area contributed by atoms with E-state index in [9.17, 15) is 4.79 Å². The Balaban J connectivity index is 2.83. The van der Waals surface area contributed by atoms with Gasteiger partial charge in [0, 0.05) is 5.69 Å². The lowest BCUT2D eigenvalue weighted by Gasteiger charge is -2.09. The second kappa shape index (κ2) is 4.41. The van der Waals surface area contributed by atoms with Gasteiger partial charge in [0.15, 0.2) is 0 Å². The van der Waals surface area contributed by atoms with Crippen molar-refractivity contribution in [3.8, 4) is 0 Å². The maximum Gasteiger partial charge on any atom is 0.411 e. The molecule has 0 aromatic heterocycles. The molecule has 0 bridgehead atoms. The number of carbonyl (C=O) groups is 1. The molecule has 1 aromatic rings. The highest BCUT2D eigenvalue weighted by atomic mass is 16.5. The highest BCUT2D eigenvalue weighted by molar-refractivity contribution is 5.90. The molecule has 6 heteroatoms. The SMILES string of the molecule is CCOC(=O)Nc1cc(N)c(N)c(N)c1. The van der Waals surface area contributed by atoms with E-state index in [2.05, 4.69) is 5.32 Å². The number of carbonyl (C=O) groups excluding carboxylic acids is 1. The number of anilines is 4. The molecule has 0 radical (unpaired) electrons. The third kappa shape index (κ3) is 2.67. The van der Waals surface area contributed by atoms with E-state index in [1.807, 2.05) is 0 Å². The molecular formula is C9H14N4O2. The van der Waals surface area contributed by atoms with Crippen LogP contribution in [0, 0.1) is 0 Å². The molecule has 1 rings (SSSR count). The number of amides is 1. The molecule has 6 nitrogen and oxygen atoms in total. The lowest BCUT2D eigenvalue weighted by molar-refractivity contribution is 0.168. The van der Waals surface area contributed by atoms with E-state index in [0.29, 0.717) is 29.4 Å². The molecular weight excluding hydrogens is 196 g/mol. The summed E-state index contributed by atoms with van der Waals surface area (Å²) in [5.74, 6) is 0. The van der Waals surface area contributed by atoms with Crippen molar-refractivity contribution in [3.63, 3.8) is 0 Å². The summed E-state index contributed by atoms with van der Waals surface area (Å²) in [5, 5.41) is 2.48. The van der Waals surface area contributed by atoms with Crippen molar-refractivity contribution in [2.75, 3.05) is 29.1 Å². The van der Waals surface area contributed by atoms with Crippen molar-refractivity contribution in [2.45, 2.75) is 6.92 Å². The van der Waals surface area contributed by atoms with Crippen molar-refractivity contribution in [1.82, 2.24) is 0 Å². The Morgan fingerprint density at radius 2 is 1.87 bits per heavy atom. The highest BCUT2D eigenvalue weighted by Crippen LogP contribution is 2.27. The summed E-state index contributed by atoms with van der Waals surface area (Å²) in [6, 6.07) is 3.03. The summed E-state index contributed by atoms with van der Waals surface area (Å²) in [6.45, 7) is 2.01. The Labute approximate surface area is 87.4 Å². The normalized spacial score (nSPS) is 9.67. The summed E-state index contributed by atoms with van der Waals surface area (Å²) in [5.41, 5.74) is 18.1. The predicted octanol–water partition coefficient (Wildman–Crippen LogP) is 1.00. The average Bonchev–Trinajstić information content (AvgIpc) is 2.14. The largest absolute Gasteiger partial charge is 0.450 e. The van der Waals surface area contributed by atoms with E-state index in [1.54, 1.807) is 6.92 Å². The topological polar surface area (TPSA) is 116 Å². The van der Waals surface area contributed by atoms with Gasteiger partial charge in [0.1, 0.15) is 0 Å². The number of hydrogen-bond donors (Lipinski definition) is 4. The van der Waals surface area contributed by atoms with Gasteiger partial charge in [-0.3, -0.25) is 5.32 Å². The van der Waals surface area contributed by atoms with Crippen LogP contribution in [0.2, 0.25) is 0 Å². The molecule has 0 aliphatic rings. The number of ether oxygens (including phenoxy) is 1. The molecule has 0 saturated carbocycles. The lowest BCUT2D eigenvalue weighted by Crippen LogP contribution is -2.14. The first kappa shape index (κ1) is 11.0. The number of nitrogens with one attached hydrogen (secondary N) is 1. The summed E-state index contributed by atoms with van der Waals surface area (Å²) >= 11 is 0. The van der Waals surface area contributed by atoms with Gasteiger partial charge in [-0.15, -0.1) is 0 Å². The summed E-state index contributed by atoms with van der Waals surface area (Å²) in [7, 11) is 0. The van der Waals surface area contributed by atoms with Crippen LogP contribution in [0.15, 0.2) is 12.1 Å². The molecule has 0 aliphatic heterocycles. The van der Waals surface area contributed by atoms with Crippen LogP contribution >= 0.6 is 0 Å². The third-order valence-corrected chi connectivity index (χ3v) is 1.77. The standard InChI is InChI=1S/C9H14N4O2/c1-2-15-9(14)13-5-3-6(10)8(12)7(11)4-5/h3-4H,2,10-12H2,1H3,(H,13,14).